The summed E-state index contributed by atoms with van der Waals surface area (Å²) in [7, 11) is -2.57. The highest BCUT2D eigenvalue weighted by Crippen LogP contribution is 2.25. The number of ether oxygens (including phenoxy) is 1. The van der Waals surface area contributed by atoms with Crippen molar-refractivity contribution in [3.05, 3.63) is 59.7 Å². The summed E-state index contributed by atoms with van der Waals surface area (Å²) in [6, 6.07) is 13.2. The SMILES string of the molecule is COc1ccc(C)cc1S(=O)(=O)NC(Cc1ccccc1)C(=O)NC(C)(C)C. The van der Waals surface area contributed by atoms with Crippen LogP contribution in [0.15, 0.2) is 53.4 Å². The first-order chi connectivity index (χ1) is 13.0. The zero-order chi connectivity index (χ0) is 20.9. The number of methoxy groups -OCH3 is 1. The molecular formula is C21H28N2O4S. The molecule has 0 bridgehead atoms. The summed E-state index contributed by atoms with van der Waals surface area (Å²) in [4.78, 5) is 12.8. The minimum Gasteiger partial charge on any atom is -0.495 e. The first-order valence-corrected chi connectivity index (χ1v) is 10.5. The number of rotatable bonds is 7. The molecule has 0 saturated carbocycles. The normalized spacial score (nSPS) is 13.0. The summed E-state index contributed by atoms with van der Waals surface area (Å²) in [6.45, 7) is 7.35. The molecule has 0 aliphatic heterocycles. The van der Waals surface area contributed by atoms with Crippen molar-refractivity contribution in [3.8, 4) is 5.75 Å². The van der Waals surface area contributed by atoms with Crippen molar-refractivity contribution < 1.29 is 17.9 Å². The van der Waals surface area contributed by atoms with Gasteiger partial charge in [0.1, 0.15) is 16.7 Å². The second kappa shape index (κ2) is 8.75. The van der Waals surface area contributed by atoms with Gasteiger partial charge in [-0.2, -0.15) is 4.72 Å². The van der Waals surface area contributed by atoms with E-state index >= 15 is 0 Å². The van der Waals surface area contributed by atoms with Gasteiger partial charge in [-0.1, -0.05) is 36.4 Å². The number of nitrogens with one attached hydrogen (secondary N) is 2. The topological polar surface area (TPSA) is 84.5 Å². The van der Waals surface area contributed by atoms with E-state index in [1.165, 1.54) is 13.2 Å². The first-order valence-electron chi connectivity index (χ1n) is 9.05. The van der Waals surface area contributed by atoms with Crippen LogP contribution in [-0.2, 0) is 21.2 Å². The maximum absolute atomic E-state index is 13.1. The lowest BCUT2D eigenvalue weighted by Crippen LogP contribution is -2.53. The molecule has 6 nitrogen and oxygen atoms in total. The Morgan fingerprint density at radius 1 is 1.11 bits per heavy atom. The lowest BCUT2D eigenvalue weighted by molar-refractivity contribution is -0.124. The number of hydrogen-bond acceptors (Lipinski definition) is 4. The fourth-order valence-corrected chi connectivity index (χ4v) is 4.19. The van der Waals surface area contributed by atoms with Crippen molar-refractivity contribution in [2.45, 2.75) is 50.6 Å². The van der Waals surface area contributed by atoms with Crippen LogP contribution in [-0.4, -0.2) is 33.0 Å². The molecular weight excluding hydrogens is 376 g/mol. The van der Waals surface area contributed by atoms with E-state index in [1.54, 1.807) is 19.1 Å². The van der Waals surface area contributed by atoms with Crippen LogP contribution in [0.2, 0.25) is 0 Å². The molecule has 28 heavy (non-hydrogen) atoms. The van der Waals surface area contributed by atoms with Crippen LogP contribution in [0.3, 0.4) is 0 Å². The Morgan fingerprint density at radius 2 is 1.75 bits per heavy atom. The molecule has 2 aromatic carbocycles. The average Bonchev–Trinajstić information content (AvgIpc) is 2.60. The summed E-state index contributed by atoms with van der Waals surface area (Å²) in [6.07, 6.45) is 0.232. The molecule has 2 rings (SSSR count). The maximum atomic E-state index is 13.1. The predicted octanol–water partition coefficient (Wildman–Crippen LogP) is 2.81. The van der Waals surface area contributed by atoms with Crippen LogP contribution in [0, 0.1) is 6.92 Å². The number of sulfonamides is 1. The highest BCUT2D eigenvalue weighted by Gasteiger charge is 2.30. The standard InChI is InChI=1S/C21H28N2O4S/c1-15-11-12-18(27-5)19(13-15)28(25,26)23-17(20(24)22-21(2,3)4)14-16-9-7-6-8-10-16/h6-13,17,23H,14H2,1-5H3,(H,22,24). The molecule has 2 N–H and O–H groups in total. The lowest BCUT2D eigenvalue weighted by atomic mass is 10.0. The lowest BCUT2D eigenvalue weighted by Gasteiger charge is -2.26. The van der Waals surface area contributed by atoms with E-state index < -0.39 is 21.6 Å². The molecule has 1 atom stereocenters. The molecule has 1 amide bonds. The van der Waals surface area contributed by atoms with Gasteiger partial charge in [0.05, 0.1) is 7.11 Å². The number of amides is 1. The molecule has 0 fully saturated rings. The second-order valence-electron chi connectivity index (χ2n) is 7.76. The van der Waals surface area contributed by atoms with Crippen LogP contribution < -0.4 is 14.8 Å². The number of hydrogen-bond donors (Lipinski definition) is 2. The van der Waals surface area contributed by atoms with Gasteiger partial charge >= 0.3 is 0 Å². The van der Waals surface area contributed by atoms with E-state index in [9.17, 15) is 13.2 Å². The van der Waals surface area contributed by atoms with E-state index in [2.05, 4.69) is 10.0 Å². The molecule has 0 saturated heterocycles. The van der Waals surface area contributed by atoms with Gasteiger partial charge in [0, 0.05) is 5.54 Å². The van der Waals surface area contributed by atoms with Gasteiger partial charge in [-0.3, -0.25) is 4.79 Å². The first kappa shape index (κ1) is 21.9. The average molecular weight is 405 g/mol. The van der Waals surface area contributed by atoms with Crippen LogP contribution in [0.5, 0.6) is 5.75 Å². The van der Waals surface area contributed by atoms with Gasteiger partial charge in [-0.15, -0.1) is 0 Å². The minimum absolute atomic E-state index is 0.0108. The highest BCUT2D eigenvalue weighted by atomic mass is 32.2. The van der Waals surface area contributed by atoms with E-state index in [0.717, 1.165) is 11.1 Å². The molecule has 0 aliphatic carbocycles. The zero-order valence-corrected chi connectivity index (χ0v) is 17.8. The molecule has 152 valence electrons. The van der Waals surface area contributed by atoms with Crippen molar-refractivity contribution in [3.63, 3.8) is 0 Å². The van der Waals surface area contributed by atoms with Gasteiger partial charge in [0.25, 0.3) is 0 Å². The third kappa shape index (κ3) is 6.07. The summed E-state index contributed by atoms with van der Waals surface area (Å²) < 4.78 is 33.9. The van der Waals surface area contributed by atoms with Crippen LogP contribution in [0.25, 0.3) is 0 Å². The largest absolute Gasteiger partial charge is 0.495 e. The second-order valence-corrected chi connectivity index (χ2v) is 9.44. The monoisotopic (exact) mass is 404 g/mol. The highest BCUT2D eigenvalue weighted by molar-refractivity contribution is 7.89. The van der Waals surface area contributed by atoms with E-state index in [0.29, 0.717) is 0 Å². The van der Waals surface area contributed by atoms with Crippen molar-refractivity contribution in [2.24, 2.45) is 0 Å². The van der Waals surface area contributed by atoms with E-state index in [1.807, 2.05) is 51.1 Å². The van der Waals surface area contributed by atoms with Crippen LogP contribution >= 0.6 is 0 Å². The van der Waals surface area contributed by atoms with Crippen molar-refractivity contribution >= 4 is 15.9 Å². The molecule has 7 heteroatoms. The van der Waals surface area contributed by atoms with Crippen LogP contribution in [0.4, 0.5) is 0 Å². The van der Waals surface area contributed by atoms with Gasteiger partial charge in [0.15, 0.2) is 0 Å². The Morgan fingerprint density at radius 3 is 2.32 bits per heavy atom. The van der Waals surface area contributed by atoms with Gasteiger partial charge in [-0.05, 0) is 57.4 Å². The molecule has 1 unspecified atom stereocenters. The quantitative estimate of drug-likeness (QED) is 0.743. The number of benzene rings is 2. The number of aryl methyl sites for hydroxylation is 1. The third-order valence-corrected chi connectivity index (χ3v) is 5.50. The van der Waals surface area contributed by atoms with Crippen molar-refractivity contribution in [2.75, 3.05) is 7.11 Å². The summed E-state index contributed by atoms with van der Waals surface area (Å²) in [5.74, 6) is -0.153. The molecule has 2 aromatic rings. The Hall–Kier alpha value is -2.38. The molecule has 0 spiro atoms. The molecule has 0 aliphatic rings. The molecule has 0 radical (unpaired) electrons. The van der Waals surface area contributed by atoms with Crippen molar-refractivity contribution in [1.82, 2.24) is 10.0 Å². The smallest absolute Gasteiger partial charge is 0.244 e. The number of carbonyl (C=O) groups excluding carboxylic acids is 1. The van der Waals surface area contributed by atoms with E-state index in [4.69, 9.17) is 4.74 Å². The van der Waals surface area contributed by atoms with Gasteiger partial charge in [-0.25, -0.2) is 8.42 Å². The van der Waals surface area contributed by atoms with Crippen LogP contribution in [0.1, 0.15) is 31.9 Å². The Balaban J connectivity index is 2.37. The van der Waals surface area contributed by atoms with Crippen molar-refractivity contribution in [1.29, 1.82) is 0 Å². The maximum Gasteiger partial charge on any atom is 0.244 e. The summed E-state index contributed by atoms with van der Waals surface area (Å²) in [5.41, 5.74) is 1.15. The summed E-state index contributed by atoms with van der Waals surface area (Å²) >= 11 is 0. The predicted molar refractivity (Wildman–Crippen MR) is 110 cm³/mol. The zero-order valence-electron chi connectivity index (χ0n) is 16.9. The number of carbonyl (C=O) groups is 1. The fourth-order valence-electron chi connectivity index (χ4n) is 2.74. The third-order valence-electron chi connectivity index (χ3n) is 4.00. The fraction of sp³-hybridized carbons (Fsp3) is 0.381. The van der Waals surface area contributed by atoms with Gasteiger partial charge < -0.3 is 10.1 Å². The Bertz CT molecular complexity index is 919. The molecule has 0 aromatic heterocycles. The van der Waals surface area contributed by atoms with E-state index in [-0.39, 0.29) is 23.0 Å². The molecule has 0 heterocycles. The Kier molecular flexibility index (Phi) is 6.85. The Labute approximate surface area is 167 Å². The summed E-state index contributed by atoms with van der Waals surface area (Å²) in [5, 5.41) is 2.86. The van der Waals surface area contributed by atoms with Gasteiger partial charge in [0.2, 0.25) is 15.9 Å². The minimum atomic E-state index is -3.98.